The fourth-order valence-electron chi connectivity index (χ4n) is 2.44. The lowest BCUT2D eigenvalue weighted by Crippen LogP contribution is -2.55. The summed E-state index contributed by atoms with van der Waals surface area (Å²) in [6.45, 7) is 2.34. The molecule has 110 valence electrons. The molecule has 1 saturated carbocycles. The van der Waals surface area contributed by atoms with Crippen LogP contribution in [0.2, 0.25) is 0 Å². The number of aliphatic carboxylic acids is 1. The van der Waals surface area contributed by atoms with Crippen LogP contribution >= 0.6 is 11.3 Å². The second-order valence-corrected chi connectivity index (χ2v) is 6.18. The Bertz CT molecular complexity index is 509. The van der Waals surface area contributed by atoms with E-state index in [0.717, 1.165) is 23.4 Å². The zero-order chi connectivity index (χ0) is 14.8. The van der Waals surface area contributed by atoms with Crippen molar-refractivity contribution in [3.05, 3.63) is 16.1 Å². The molecule has 2 N–H and O–H groups in total. The molecule has 0 saturated heterocycles. The second kappa shape index (κ2) is 5.78. The van der Waals surface area contributed by atoms with Gasteiger partial charge in [0, 0.05) is 11.9 Å². The maximum absolute atomic E-state index is 12.2. The summed E-state index contributed by atoms with van der Waals surface area (Å²) in [6, 6.07) is -0.345. The van der Waals surface area contributed by atoms with Crippen LogP contribution in [0.15, 0.2) is 5.51 Å². The Morgan fingerprint density at radius 3 is 2.65 bits per heavy atom. The van der Waals surface area contributed by atoms with Crippen LogP contribution in [0.5, 0.6) is 0 Å². The zero-order valence-corrected chi connectivity index (χ0v) is 12.5. The predicted octanol–water partition coefficient (Wildman–Crippen LogP) is 1.99. The number of carbonyl (C=O) groups is 2. The fraction of sp³-hybridized carbons (Fsp3) is 0.615. The van der Waals surface area contributed by atoms with E-state index < -0.39 is 11.5 Å². The lowest BCUT2D eigenvalue weighted by atomic mass is 9.98. The van der Waals surface area contributed by atoms with Crippen molar-refractivity contribution in [2.24, 2.45) is 0 Å². The molecule has 1 aromatic heterocycles. The molecule has 7 heteroatoms. The van der Waals surface area contributed by atoms with Gasteiger partial charge in [-0.25, -0.2) is 14.6 Å². The molecule has 0 spiro atoms. The number of carboxylic acid groups (broad SMARTS) is 1. The third kappa shape index (κ3) is 2.92. The minimum absolute atomic E-state index is 0.345. The minimum atomic E-state index is -1.09. The van der Waals surface area contributed by atoms with E-state index in [9.17, 15) is 14.7 Å². The van der Waals surface area contributed by atoms with Crippen LogP contribution in [0.1, 0.15) is 36.3 Å². The number of amides is 2. The number of carbonyl (C=O) groups excluding carboxylic acids is 1. The molecule has 1 fully saturated rings. The van der Waals surface area contributed by atoms with Crippen molar-refractivity contribution in [3.63, 3.8) is 0 Å². The Kier molecular flexibility index (Phi) is 4.27. The Balaban J connectivity index is 2.00. The fourth-order valence-corrected chi connectivity index (χ4v) is 3.27. The first-order valence-corrected chi connectivity index (χ1v) is 7.48. The highest BCUT2D eigenvalue weighted by atomic mass is 32.1. The molecule has 1 heterocycles. The molecular weight excluding hydrogens is 278 g/mol. The largest absolute Gasteiger partial charge is 0.480 e. The van der Waals surface area contributed by atoms with Gasteiger partial charge < -0.3 is 15.3 Å². The number of thiazole rings is 1. The van der Waals surface area contributed by atoms with Crippen molar-refractivity contribution < 1.29 is 14.7 Å². The molecule has 0 atom stereocenters. The van der Waals surface area contributed by atoms with Crippen LogP contribution < -0.4 is 5.32 Å². The average molecular weight is 297 g/mol. The van der Waals surface area contributed by atoms with Gasteiger partial charge in [0.25, 0.3) is 0 Å². The number of aryl methyl sites for hydroxylation is 1. The van der Waals surface area contributed by atoms with E-state index in [-0.39, 0.29) is 6.03 Å². The van der Waals surface area contributed by atoms with Crippen molar-refractivity contribution in [1.29, 1.82) is 0 Å². The lowest BCUT2D eigenvalue weighted by Gasteiger charge is -2.28. The summed E-state index contributed by atoms with van der Waals surface area (Å²) in [4.78, 5) is 30.2. The first-order chi connectivity index (χ1) is 9.44. The van der Waals surface area contributed by atoms with Gasteiger partial charge in [-0.15, -0.1) is 11.3 Å². The number of nitrogens with zero attached hydrogens (tertiary/aromatic N) is 2. The zero-order valence-electron chi connectivity index (χ0n) is 11.7. The van der Waals surface area contributed by atoms with Gasteiger partial charge in [0.15, 0.2) is 0 Å². The van der Waals surface area contributed by atoms with E-state index in [0.29, 0.717) is 19.4 Å². The normalized spacial score (nSPS) is 16.9. The minimum Gasteiger partial charge on any atom is -0.480 e. The Morgan fingerprint density at radius 1 is 1.50 bits per heavy atom. The molecule has 0 aromatic carbocycles. The van der Waals surface area contributed by atoms with Crippen molar-refractivity contribution in [3.8, 4) is 0 Å². The molecule has 6 nitrogen and oxygen atoms in total. The van der Waals surface area contributed by atoms with Crippen LogP contribution in [0.4, 0.5) is 4.79 Å². The van der Waals surface area contributed by atoms with E-state index in [1.807, 2.05) is 6.92 Å². The quantitative estimate of drug-likeness (QED) is 0.890. The lowest BCUT2D eigenvalue weighted by molar-refractivity contribution is -0.144. The molecule has 0 bridgehead atoms. The average Bonchev–Trinajstić information content (AvgIpc) is 3.00. The van der Waals surface area contributed by atoms with E-state index in [1.54, 1.807) is 12.6 Å². The highest BCUT2D eigenvalue weighted by Gasteiger charge is 2.43. The molecule has 20 heavy (non-hydrogen) atoms. The SMILES string of the molecule is Cc1ncsc1CN(C)C(=O)NC1(C(=O)O)CCCC1. The van der Waals surface area contributed by atoms with Crippen molar-refractivity contribution in [2.45, 2.75) is 44.7 Å². The van der Waals surface area contributed by atoms with Crippen molar-refractivity contribution >= 4 is 23.3 Å². The highest BCUT2D eigenvalue weighted by molar-refractivity contribution is 7.09. The van der Waals surface area contributed by atoms with Crippen molar-refractivity contribution in [2.75, 3.05) is 7.05 Å². The molecule has 2 rings (SSSR count). The topological polar surface area (TPSA) is 82.5 Å². The first kappa shape index (κ1) is 14.8. The maximum atomic E-state index is 12.2. The number of nitrogens with one attached hydrogen (secondary N) is 1. The highest BCUT2D eigenvalue weighted by Crippen LogP contribution is 2.30. The van der Waals surface area contributed by atoms with Crippen LogP contribution in [-0.2, 0) is 11.3 Å². The number of aromatic nitrogens is 1. The molecular formula is C13H19N3O3S. The molecule has 0 radical (unpaired) electrons. The van der Waals surface area contributed by atoms with E-state index in [4.69, 9.17) is 0 Å². The number of hydrogen-bond acceptors (Lipinski definition) is 4. The molecule has 2 amide bonds. The number of carboxylic acids is 1. The Morgan fingerprint density at radius 2 is 2.15 bits per heavy atom. The summed E-state index contributed by atoms with van der Waals surface area (Å²) in [6.07, 6.45) is 2.68. The van der Waals surface area contributed by atoms with Gasteiger partial charge in [0.05, 0.1) is 17.7 Å². The molecule has 0 aliphatic heterocycles. The smallest absolute Gasteiger partial charge is 0.329 e. The van der Waals surface area contributed by atoms with Gasteiger partial charge in [-0.05, 0) is 19.8 Å². The van der Waals surface area contributed by atoms with Crippen LogP contribution in [0.3, 0.4) is 0 Å². The summed E-state index contributed by atoms with van der Waals surface area (Å²) in [7, 11) is 1.67. The third-order valence-electron chi connectivity index (χ3n) is 3.79. The first-order valence-electron chi connectivity index (χ1n) is 6.60. The summed E-state index contributed by atoms with van der Waals surface area (Å²) < 4.78 is 0. The summed E-state index contributed by atoms with van der Waals surface area (Å²) in [5.41, 5.74) is 1.56. The third-order valence-corrected chi connectivity index (χ3v) is 4.70. The van der Waals surface area contributed by atoms with Crippen LogP contribution in [0, 0.1) is 6.92 Å². The van der Waals surface area contributed by atoms with Crippen LogP contribution in [0.25, 0.3) is 0 Å². The molecule has 0 unspecified atom stereocenters. The van der Waals surface area contributed by atoms with Gasteiger partial charge in [-0.2, -0.15) is 0 Å². The summed E-state index contributed by atoms with van der Waals surface area (Å²) >= 11 is 1.49. The predicted molar refractivity (Wildman–Crippen MR) is 75.7 cm³/mol. The van der Waals surface area contributed by atoms with E-state index in [2.05, 4.69) is 10.3 Å². The van der Waals surface area contributed by atoms with Gasteiger partial charge in [0.1, 0.15) is 5.54 Å². The van der Waals surface area contributed by atoms with Gasteiger partial charge in [0.2, 0.25) is 0 Å². The number of rotatable bonds is 4. The molecule has 1 aliphatic rings. The van der Waals surface area contributed by atoms with E-state index >= 15 is 0 Å². The Labute approximate surface area is 121 Å². The second-order valence-electron chi connectivity index (χ2n) is 5.24. The van der Waals surface area contributed by atoms with Crippen molar-refractivity contribution in [1.82, 2.24) is 15.2 Å². The van der Waals surface area contributed by atoms with Gasteiger partial charge in [-0.1, -0.05) is 12.8 Å². The summed E-state index contributed by atoms with van der Waals surface area (Å²) in [5.74, 6) is -0.939. The van der Waals surface area contributed by atoms with Gasteiger partial charge in [-0.3, -0.25) is 0 Å². The summed E-state index contributed by atoms with van der Waals surface area (Å²) in [5, 5.41) is 12.0. The van der Waals surface area contributed by atoms with Crippen LogP contribution in [-0.4, -0.2) is 39.6 Å². The number of hydrogen-bond donors (Lipinski definition) is 2. The Hall–Kier alpha value is -1.63. The number of urea groups is 1. The molecule has 1 aliphatic carbocycles. The standard InChI is InChI=1S/C13H19N3O3S/c1-9-10(20-8-14-9)7-16(2)12(19)15-13(11(17)18)5-3-4-6-13/h8H,3-7H2,1-2H3,(H,15,19)(H,17,18). The monoisotopic (exact) mass is 297 g/mol. The van der Waals surface area contributed by atoms with E-state index in [1.165, 1.54) is 16.2 Å². The van der Waals surface area contributed by atoms with Gasteiger partial charge >= 0.3 is 12.0 Å². The maximum Gasteiger partial charge on any atom is 0.329 e. The molecule has 1 aromatic rings.